The van der Waals surface area contributed by atoms with Crippen molar-refractivity contribution in [1.82, 2.24) is 14.5 Å². The minimum Gasteiger partial charge on any atom is -0.368 e. The molecule has 0 radical (unpaired) electrons. The van der Waals surface area contributed by atoms with Crippen LogP contribution in [0.3, 0.4) is 0 Å². The lowest BCUT2D eigenvalue weighted by atomic mass is 10.2. The van der Waals surface area contributed by atoms with E-state index in [1.165, 1.54) is 47.6 Å². The predicted molar refractivity (Wildman–Crippen MR) is 122 cm³/mol. The number of para-hydroxylation sites is 1. The zero-order valence-electron chi connectivity index (χ0n) is 18.0. The summed E-state index contributed by atoms with van der Waals surface area (Å²) in [6, 6.07) is 10.9. The second kappa shape index (κ2) is 9.92. The molecule has 4 nitrogen and oxygen atoms in total. The normalized spacial score (nSPS) is 11.9. The number of nitrogens with zero attached hydrogens (tertiary/aromatic N) is 3. The van der Waals surface area contributed by atoms with Crippen LogP contribution in [0, 0.1) is 5.92 Å². The maximum atomic E-state index is 4.70. The van der Waals surface area contributed by atoms with E-state index >= 15 is 0 Å². The van der Waals surface area contributed by atoms with Crippen molar-refractivity contribution in [2.75, 3.05) is 31.5 Å². The lowest BCUT2D eigenvalue weighted by Crippen LogP contribution is -2.23. The van der Waals surface area contributed by atoms with Crippen molar-refractivity contribution in [1.29, 1.82) is 0 Å². The Morgan fingerprint density at radius 1 is 1.00 bits per heavy atom. The van der Waals surface area contributed by atoms with Crippen molar-refractivity contribution in [3.05, 3.63) is 36.5 Å². The first-order chi connectivity index (χ1) is 13.7. The van der Waals surface area contributed by atoms with E-state index in [4.69, 9.17) is 4.98 Å². The molecule has 0 aliphatic carbocycles. The lowest BCUT2D eigenvalue weighted by Gasteiger charge is -2.17. The van der Waals surface area contributed by atoms with E-state index in [0.717, 1.165) is 32.0 Å². The molecule has 3 aromatic rings. The number of anilines is 1. The number of aromatic nitrogens is 2. The molecule has 0 unspecified atom stereocenters. The van der Waals surface area contributed by atoms with Crippen molar-refractivity contribution < 1.29 is 0 Å². The van der Waals surface area contributed by atoms with E-state index in [1.807, 2.05) is 6.20 Å². The van der Waals surface area contributed by atoms with Crippen LogP contribution >= 0.6 is 0 Å². The maximum Gasteiger partial charge on any atom is 0.150 e. The SMILES string of the molecule is CCN(CC)CCCCCNc1nccc2c3ccccc3n(CC(C)C)c12. The molecule has 4 heteroatoms. The molecule has 28 heavy (non-hydrogen) atoms. The Hall–Kier alpha value is -2.07. The smallest absolute Gasteiger partial charge is 0.150 e. The summed E-state index contributed by atoms with van der Waals surface area (Å²) in [5.41, 5.74) is 2.56. The third-order valence-electron chi connectivity index (χ3n) is 5.56. The van der Waals surface area contributed by atoms with Gasteiger partial charge in [0.2, 0.25) is 0 Å². The Morgan fingerprint density at radius 2 is 1.79 bits per heavy atom. The Kier molecular flexibility index (Phi) is 7.32. The summed E-state index contributed by atoms with van der Waals surface area (Å²) in [4.78, 5) is 7.20. The van der Waals surface area contributed by atoms with Crippen LogP contribution in [0.2, 0.25) is 0 Å². The average molecular weight is 381 g/mol. The van der Waals surface area contributed by atoms with Crippen LogP contribution in [-0.2, 0) is 6.54 Å². The van der Waals surface area contributed by atoms with E-state index < -0.39 is 0 Å². The summed E-state index contributed by atoms with van der Waals surface area (Å²) in [5, 5.41) is 6.26. The Balaban J connectivity index is 1.73. The highest BCUT2D eigenvalue weighted by atomic mass is 15.1. The fraction of sp³-hybridized carbons (Fsp3) is 0.542. The van der Waals surface area contributed by atoms with Crippen molar-refractivity contribution >= 4 is 27.6 Å². The fourth-order valence-electron chi connectivity index (χ4n) is 4.07. The van der Waals surface area contributed by atoms with E-state index in [2.05, 4.69) is 72.8 Å². The van der Waals surface area contributed by atoms with Crippen LogP contribution in [0.5, 0.6) is 0 Å². The average Bonchev–Trinajstić information content (AvgIpc) is 3.02. The summed E-state index contributed by atoms with van der Waals surface area (Å²) >= 11 is 0. The highest BCUT2D eigenvalue weighted by Gasteiger charge is 2.15. The molecule has 0 saturated heterocycles. The van der Waals surface area contributed by atoms with Gasteiger partial charge in [-0.2, -0.15) is 0 Å². The minimum absolute atomic E-state index is 0.590. The number of pyridine rings is 1. The van der Waals surface area contributed by atoms with Gasteiger partial charge in [0, 0.05) is 35.6 Å². The summed E-state index contributed by atoms with van der Waals surface area (Å²) in [5.74, 6) is 1.62. The highest BCUT2D eigenvalue weighted by Crippen LogP contribution is 2.33. The zero-order valence-corrected chi connectivity index (χ0v) is 18.0. The molecule has 2 heterocycles. The molecule has 3 rings (SSSR count). The number of benzene rings is 1. The van der Waals surface area contributed by atoms with Gasteiger partial charge in [-0.05, 0) is 50.5 Å². The summed E-state index contributed by atoms with van der Waals surface area (Å²) < 4.78 is 2.45. The molecule has 0 saturated carbocycles. The molecule has 2 aromatic heterocycles. The monoisotopic (exact) mass is 380 g/mol. The van der Waals surface area contributed by atoms with Crippen molar-refractivity contribution in [2.45, 2.75) is 53.5 Å². The van der Waals surface area contributed by atoms with E-state index in [-0.39, 0.29) is 0 Å². The first kappa shape index (κ1) is 20.7. The number of hydrogen-bond acceptors (Lipinski definition) is 3. The van der Waals surface area contributed by atoms with Gasteiger partial charge in [-0.3, -0.25) is 0 Å². The quantitative estimate of drug-likeness (QED) is 0.429. The number of nitrogens with one attached hydrogen (secondary N) is 1. The van der Waals surface area contributed by atoms with Crippen LogP contribution < -0.4 is 5.32 Å². The molecule has 0 atom stereocenters. The van der Waals surface area contributed by atoms with Gasteiger partial charge in [0.05, 0.1) is 5.52 Å². The van der Waals surface area contributed by atoms with Crippen LogP contribution in [0.15, 0.2) is 36.5 Å². The van der Waals surface area contributed by atoms with Crippen molar-refractivity contribution in [2.24, 2.45) is 5.92 Å². The van der Waals surface area contributed by atoms with Crippen LogP contribution in [0.4, 0.5) is 5.82 Å². The number of fused-ring (bicyclic) bond motifs is 3. The second-order valence-corrected chi connectivity index (χ2v) is 8.09. The van der Waals surface area contributed by atoms with E-state index in [0.29, 0.717) is 5.92 Å². The Bertz CT molecular complexity index is 877. The molecule has 0 aliphatic heterocycles. The third-order valence-corrected chi connectivity index (χ3v) is 5.56. The summed E-state index contributed by atoms with van der Waals surface area (Å²) in [6.45, 7) is 14.6. The molecule has 0 spiro atoms. The van der Waals surface area contributed by atoms with Crippen LogP contribution in [-0.4, -0.2) is 40.6 Å². The first-order valence-corrected chi connectivity index (χ1v) is 11.0. The van der Waals surface area contributed by atoms with Gasteiger partial charge in [-0.15, -0.1) is 0 Å². The second-order valence-electron chi connectivity index (χ2n) is 8.09. The standard InChI is InChI=1S/C24H36N4/c1-5-27(6-2)17-11-7-10-15-25-24-23-21(14-16-26-24)20-12-8-9-13-22(20)28(23)18-19(3)4/h8-9,12-14,16,19H,5-7,10-11,15,17-18H2,1-4H3,(H,25,26). The van der Waals surface area contributed by atoms with Crippen molar-refractivity contribution in [3.63, 3.8) is 0 Å². The first-order valence-electron chi connectivity index (χ1n) is 11.0. The van der Waals surface area contributed by atoms with Crippen molar-refractivity contribution in [3.8, 4) is 0 Å². The number of hydrogen-bond donors (Lipinski definition) is 1. The van der Waals surface area contributed by atoms with Crippen LogP contribution in [0.25, 0.3) is 21.8 Å². The molecule has 0 bridgehead atoms. The van der Waals surface area contributed by atoms with E-state index in [1.54, 1.807) is 0 Å². The molecular weight excluding hydrogens is 344 g/mol. The van der Waals surface area contributed by atoms with E-state index in [9.17, 15) is 0 Å². The minimum atomic E-state index is 0.590. The molecule has 1 aromatic carbocycles. The molecule has 0 aliphatic rings. The Labute approximate surface area is 169 Å². The highest BCUT2D eigenvalue weighted by molar-refractivity contribution is 6.11. The summed E-state index contributed by atoms with van der Waals surface area (Å²) in [6.07, 6.45) is 5.66. The maximum absolute atomic E-state index is 4.70. The molecule has 1 N–H and O–H groups in total. The van der Waals surface area contributed by atoms with Gasteiger partial charge in [0.15, 0.2) is 5.82 Å². The Morgan fingerprint density at radius 3 is 2.54 bits per heavy atom. The van der Waals surface area contributed by atoms with Gasteiger partial charge in [0.1, 0.15) is 0 Å². The van der Waals surface area contributed by atoms with Gasteiger partial charge in [-0.1, -0.05) is 52.3 Å². The molecule has 0 fully saturated rings. The number of unbranched alkanes of at least 4 members (excludes halogenated alkanes) is 2. The fourth-order valence-corrected chi connectivity index (χ4v) is 4.07. The third kappa shape index (κ3) is 4.67. The largest absolute Gasteiger partial charge is 0.368 e. The molecule has 152 valence electrons. The topological polar surface area (TPSA) is 33.1 Å². The van der Waals surface area contributed by atoms with Crippen LogP contribution in [0.1, 0.15) is 47.0 Å². The van der Waals surface area contributed by atoms with Gasteiger partial charge in [0.25, 0.3) is 0 Å². The predicted octanol–water partition coefficient (Wildman–Crippen LogP) is 5.77. The number of rotatable bonds is 11. The lowest BCUT2D eigenvalue weighted by molar-refractivity contribution is 0.296. The molecular formula is C24H36N4. The van der Waals surface area contributed by atoms with Gasteiger partial charge in [-0.25, -0.2) is 4.98 Å². The van der Waals surface area contributed by atoms with Gasteiger partial charge >= 0.3 is 0 Å². The molecule has 0 amide bonds. The summed E-state index contributed by atoms with van der Waals surface area (Å²) in [7, 11) is 0. The zero-order chi connectivity index (χ0) is 19.9. The van der Waals surface area contributed by atoms with Gasteiger partial charge < -0.3 is 14.8 Å².